The summed E-state index contributed by atoms with van der Waals surface area (Å²) < 4.78 is 15.0. The van der Waals surface area contributed by atoms with Crippen molar-refractivity contribution in [2.24, 2.45) is 5.73 Å². The molecule has 164 valence electrons. The molecule has 0 radical (unpaired) electrons. The van der Waals surface area contributed by atoms with Crippen molar-refractivity contribution < 1.29 is 9.18 Å². The van der Waals surface area contributed by atoms with Crippen molar-refractivity contribution in [1.29, 1.82) is 0 Å². The second-order valence-corrected chi connectivity index (χ2v) is 8.60. The number of aromatic nitrogens is 3. The number of nitrogens with two attached hydrogens (primary N) is 2. The van der Waals surface area contributed by atoms with Crippen LogP contribution in [0.5, 0.6) is 0 Å². The number of rotatable bonds is 7. The summed E-state index contributed by atoms with van der Waals surface area (Å²) in [5.41, 5.74) is 14.8. The average molecular weight is 450 g/mol. The van der Waals surface area contributed by atoms with Gasteiger partial charge in [-0.1, -0.05) is 36.9 Å². The quantitative estimate of drug-likeness (QED) is 0.323. The van der Waals surface area contributed by atoms with Gasteiger partial charge in [-0.25, -0.2) is 14.4 Å². The fraction of sp³-hybridized carbons (Fsp3) is 0.208. The van der Waals surface area contributed by atoms with Gasteiger partial charge in [-0.2, -0.15) is 0 Å². The van der Waals surface area contributed by atoms with Gasteiger partial charge in [0, 0.05) is 17.6 Å². The molecule has 1 atom stereocenters. The number of hydrogen-bond acceptors (Lipinski definition) is 5. The van der Waals surface area contributed by atoms with Crippen LogP contribution in [0, 0.1) is 12.7 Å². The van der Waals surface area contributed by atoms with Gasteiger partial charge in [0.15, 0.2) is 11.0 Å². The molecule has 2 aliphatic rings. The zero-order valence-corrected chi connectivity index (χ0v) is 18.7. The Labute approximate surface area is 190 Å². The molecule has 0 saturated carbocycles. The Kier molecular flexibility index (Phi) is 5.88. The monoisotopic (exact) mass is 449 g/mol. The van der Waals surface area contributed by atoms with Crippen LogP contribution in [-0.4, -0.2) is 20.4 Å². The third kappa shape index (κ3) is 3.82. The number of pyridine rings is 1. The maximum absolute atomic E-state index is 13.2. The van der Waals surface area contributed by atoms with E-state index in [-0.39, 0.29) is 5.82 Å². The molecule has 0 aliphatic carbocycles. The topological polar surface area (TPSA) is 99.8 Å². The number of fused-ring (bicyclic) bond motifs is 1. The summed E-state index contributed by atoms with van der Waals surface area (Å²) in [6.45, 7) is 3.85. The van der Waals surface area contributed by atoms with E-state index in [1.807, 2.05) is 38.2 Å². The molecule has 8 heteroatoms. The van der Waals surface area contributed by atoms with Crippen LogP contribution < -0.4 is 11.5 Å². The number of benzene rings is 2. The molecule has 4 rings (SSSR count). The largest absolute Gasteiger partial charge is 0.399 e. The number of carbonyl (C=O) groups is 1. The highest BCUT2D eigenvalue weighted by atomic mass is 32.2. The molecular formula is C24H24FN5OS. The van der Waals surface area contributed by atoms with Crippen LogP contribution in [-0.2, 0) is 16.1 Å². The Morgan fingerprint density at radius 3 is 2.59 bits per heavy atom. The number of amides is 1. The van der Waals surface area contributed by atoms with Crippen molar-refractivity contribution in [2.75, 3.05) is 5.73 Å². The van der Waals surface area contributed by atoms with E-state index in [1.165, 1.54) is 23.9 Å². The number of thioether (sulfide) groups is 1. The first-order chi connectivity index (χ1) is 15.3. The molecule has 1 amide bonds. The maximum Gasteiger partial charge on any atom is 0.248 e. The summed E-state index contributed by atoms with van der Waals surface area (Å²) >= 11 is 1.45. The van der Waals surface area contributed by atoms with Crippen molar-refractivity contribution in [2.45, 2.75) is 36.7 Å². The molecule has 2 aliphatic heterocycles. The van der Waals surface area contributed by atoms with Gasteiger partial charge in [0.25, 0.3) is 0 Å². The first kappa shape index (κ1) is 21.8. The van der Waals surface area contributed by atoms with Crippen molar-refractivity contribution in [3.8, 4) is 11.5 Å². The predicted molar refractivity (Wildman–Crippen MR) is 125 cm³/mol. The number of primary amides is 1. The van der Waals surface area contributed by atoms with Crippen molar-refractivity contribution >= 4 is 23.4 Å². The second kappa shape index (κ2) is 8.63. The van der Waals surface area contributed by atoms with E-state index in [0.29, 0.717) is 34.5 Å². The highest BCUT2D eigenvalue weighted by Gasteiger charge is 2.42. The minimum Gasteiger partial charge on any atom is -0.399 e. The number of halogens is 1. The lowest BCUT2D eigenvalue weighted by Gasteiger charge is -2.35. The number of nitrogens with zero attached hydrogens (tertiary/aromatic N) is 3. The van der Waals surface area contributed by atoms with E-state index in [2.05, 4.69) is 4.98 Å². The minimum atomic E-state index is -1.17. The van der Waals surface area contributed by atoms with Gasteiger partial charge in [-0.15, -0.1) is 0 Å². The summed E-state index contributed by atoms with van der Waals surface area (Å²) in [7, 11) is 0. The number of nitrogen functional groups attached to an aromatic ring is 1. The zero-order chi connectivity index (χ0) is 22.9. The van der Waals surface area contributed by atoms with Gasteiger partial charge < -0.3 is 16.0 Å². The molecule has 2 aromatic carbocycles. The normalized spacial score (nSPS) is 13.2. The third-order valence-corrected chi connectivity index (χ3v) is 6.60. The van der Waals surface area contributed by atoms with Crippen LogP contribution in [0.15, 0.2) is 66.0 Å². The van der Waals surface area contributed by atoms with E-state index in [4.69, 9.17) is 16.5 Å². The first-order valence-corrected chi connectivity index (χ1v) is 11.2. The van der Waals surface area contributed by atoms with Gasteiger partial charge in [0.2, 0.25) is 5.91 Å². The van der Waals surface area contributed by atoms with E-state index >= 15 is 0 Å². The van der Waals surface area contributed by atoms with Crippen LogP contribution in [0.4, 0.5) is 10.1 Å². The Morgan fingerprint density at radius 2 is 1.91 bits per heavy atom. The summed E-state index contributed by atoms with van der Waals surface area (Å²) in [4.78, 5) is 22.3. The molecule has 2 heterocycles. The SMILES string of the molecule is CCC(C(N)=O)(c1cc(N)ccc1C)n1cccc2nc(SCc3ccc(F)cc3)nc1-2. The van der Waals surface area contributed by atoms with E-state index in [9.17, 15) is 9.18 Å². The zero-order valence-electron chi connectivity index (χ0n) is 17.9. The maximum atomic E-state index is 13.2. The van der Waals surface area contributed by atoms with Crippen molar-refractivity contribution in [3.05, 3.63) is 83.3 Å². The van der Waals surface area contributed by atoms with Gasteiger partial charge in [0.1, 0.15) is 17.1 Å². The molecule has 1 unspecified atom stereocenters. The molecular weight excluding hydrogens is 425 g/mol. The lowest BCUT2D eigenvalue weighted by atomic mass is 9.82. The standard InChI is InChI=1S/C24H24FN5OS/c1-3-24(22(27)31,19-13-18(26)11-6-15(19)2)30-12-4-5-20-21(30)29-23(28-20)32-14-16-7-9-17(25)10-8-16/h4-13H,3,14,26H2,1-2H3,(H2,27,31). The molecule has 6 nitrogen and oxygen atoms in total. The smallest absolute Gasteiger partial charge is 0.248 e. The Hall–Kier alpha value is -3.39. The lowest BCUT2D eigenvalue weighted by molar-refractivity contribution is -0.124. The minimum absolute atomic E-state index is 0.269. The van der Waals surface area contributed by atoms with E-state index in [0.717, 1.165) is 16.7 Å². The lowest BCUT2D eigenvalue weighted by Crippen LogP contribution is -2.48. The fourth-order valence-electron chi connectivity index (χ4n) is 4.01. The second-order valence-electron chi connectivity index (χ2n) is 7.66. The molecule has 0 spiro atoms. The Balaban J connectivity index is 1.79. The number of anilines is 1. The van der Waals surface area contributed by atoms with E-state index < -0.39 is 11.4 Å². The van der Waals surface area contributed by atoms with Gasteiger partial charge in [-0.3, -0.25) is 4.79 Å². The number of imidazole rings is 1. The molecule has 2 aromatic rings. The van der Waals surface area contributed by atoms with Gasteiger partial charge >= 0.3 is 0 Å². The van der Waals surface area contributed by atoms with E-state index in [1.54, 1.807) is 28.8 Å². The summed E-state index contributed by atoms with van der Waals surface area (Å²) in [6, 6.07) is 15.5. The Morgan fingerprint density at radius 1 is 1.16 bits per heavy atom. The highest BCUT2D eigenvalue weighted by molar-refractivity contribution is 7.98. The van der Waals surface area contributed by atoms with Crippen molar-refractivity contribution in [1.82, 2.24) is 14.5 Å². The average Bonchev–Trinajstić information content (AvgIpc) is 3.20. The summed E-state index contributed by atoms with van der Waals surface area (Å²) in [5, 5.41) is 0.572. The molecule has 0 fully saturated rings. The fourth-order valence-corrected chi connectivity index (χ4v) is 4.81. The third-order valence-electron chi connectivity index (χ3n) is 5.68. The van der Waals surface area contributed by atoms with Gasteiger partial charge in [0.05, 0.1) is 0 Å². The summed E-state index contributed by atoms with van der Waals surface area (Å²) in [6.07, 6.45) is 2.23. The number of carbonyl (C=O) groups excluding carboxylic acids is 1. The van der Waals surface area contributed by atoms with Crippen LogP contribution >= 0.6 is 11.8 Å². The van der Waals surface area contributed by atoms with Crippen LogP contribution in [0.3, 0.4) is 0 Å². The molecule has 4 N–H and O–H groups in total. The van der Waals surface area contributed by atoms with Crippen LogP contribution in [0.25, 0.3) is 11.5 Å². The predicted octanol–water partition coefficient (Wildman–Crippen LogP) is 4.34. The molecule has 0 aromatic heterocycles. The highest BCUT2D eigenvalue weighted by Crippen LogP contribution is 2.38. The van der Waals surface area contributed by atoms with Crippen LogP contribution in [0.1, 0.15) is 30.0 Å². The first-order valence-electron chi connectivity index (χ1n) is 10.2. The van der Waals surface area contributed by atoms with Gasteiger partial charge in [-0.05, 0) is 66.4 Å². The molecule has 0 saturated heterocycles. The number of aryl methyl sites for hydroxylation is 1. The number of hydrogen-bond donors (Lipinski definition) is 2. The molecule has 0 bridgehead atoms. The molecule has 32 heavy (non-hydrogen) atoms. The van der Waals surface area contributed by atoms with Crippen LogP contribution in [0.2, 0.25) is 0 Å². The summed E-state index contributed by atoms with van der Waals surface area (Å²) in [5.74, 6) is 0.403. The van der Waals surface area contributed by atoms with Crippen molar-refractivity contribution in [3.63, 3.8) is 0 Å². The Bertz CT molecular complexity index is 1240.